The molecule has 1 aliphatic rings. The van der Waals surface area contributed by atoms with E-state index in [1.807, 2.05) is 7.05 Å². The molecule has 1 saturated heterocycles. The van der Waals surface area contributed by atoms with Crippen LogP contribution >= 0.6 is 0 Å². The number of nitrogens with zero attached hydrogens (tertiary/aromatic N) is 2. The molecule has 2 rings (SSSR count). The van der Waals surface area contributed by atoms with Gasteiger partial charge in [0.25, 0.3) is 0 Å². The van der Waals surface area contributed by atoms with Crippen molar-refractivity contribution in [3.8, 4) is 0 Å². The van der Waals surface area contributed by atoms with E-state index in [0.717, 1.165) is 5.56 Å². The Morgan fingerprint density at radius 1 is 1.20 bits per heavy atom. The van der Waals surface area contributed by atoms with Gasteiger partial charge in [-0.2, -0.15) is 4.31 Å². The predicted octanol–water partition coefficient (Wildman–Crippen LogP) is -0.131. The molecule has 0 aromatic heterocycles. The molecule has 0 spiro atoms. The van der Waals surface area contributed by atoms with Crippen molar-refractivity contribution >= 4 is 15.9 Å². The van der Waals surface area contributed by atoms with Gasteiger partial charge in [0.1, 0.15) is 0 Å². The summed E-state index contributed by atoms with van der Waals surface area (Å²) in [6.45, 7) is 1.36. The van der Waals surface area contributed by atoms with Crippen LogP contribution in [-0.2, 0) is 21.4 Å². The van der Waals surface area contributed by atoms with Crippen molar-refractivity contribution in [2.75, 3.05) is 33.7 Å². The van der Waals surface area contributed by atoms with Gasteiger partial charge in [-0.25, -0.2) is 8.42 Å². The van der Waals surface area contributed by atoms with Crippen molar-refractivity contribution in [2.45, 2.75) is 11.4 Å². The molecule has 110 valence electrons. The van der Waals surface area contributed by atoms with Crippen molar-refractivity contribution in [2.24, 2.45) is 0 Å². The van der Waals surface area contributed by atoms with Gasteiger partial charge in [0, 0.05) is 26.7 Å². The molecule has 0 unspecified atom stereocenters. The van der Waals surface area contributed by atoms with Gasteiger partial charge in [0.05, 0.1) is 11.4 Å². The monoisotopic (exact) mass is 297 g/mol. The maximum atomic E-state index is 12.4. The fraction of sp³-hybridized carbons (Fsp3) is 0.462. The van der Waals surface area contributed by atoms with Crippen LogP contribution < -0.4 is 5.32 Å². The lowest BCUT2D eigenvalue weighted by Crippen LogP contribution is -2.50. The summed E-state index contributed by atoms with van der Waals surface area (Å²) in [5, 5.41) is 3.01. The highest BCUT2D eigenvalue weighted by atomic mass is 32.2. The highest BCUT2D eigenvalue weighted by Crippen LogP contribution is 2.18. The van der Waals surface area contributed by atoms with E-state index in [-0.39, 0.29) is 17.3 Å². The molecule has 7 heteroatoms. The van der Waals surface area contributed by atoms with Crippen LogP contribution in [0.15, 0.2) is 29.2 Å². The number of hydrogen-bond acceptors (Lipinski definition) is 4. The molecule has 0 atom stereocenters. The highest BCUT2D eigenvalue weighted by molar-refractivity contribution is 7.89. The smallest absolute Gasteiger partial charge is 0.243 e. The lowest BCUT2D eigenvalue weighted by atomic mass is 10.2. The molecule has 1 aromatic rings. The van der Waals surface area contributed by atoms with Crippen LogP contribution in [0, 0.1) is 0 Å². The Morgan fingerprint density at radius 3 is 2.40 bits per heavy atom. The minimum atomic E-state index is -3.58. The first-order valence-electron chi connectivity index (χ1n) is 6.43. The van der Waals surface area contributed by atoms with Crippen molar-refractivity contribution in [3.05, 3.63) is 29.8 Å². The predicted molar refractivity (Wildman–Crippen MR) is 75.6 cm³/mol. The van der Waals surface area contributed by atoms with E-state index >= 15 is 0 Å². The van der Waals surface area contributed by atoms with Gasteiger partial charge in [-0.15, -0.1) is 0 Å². The molecular formula is C13H19N3O3S. The third-order valence-electron chi connectivity index (χ3n) is 3.36. The molecule has 0 saturated carbocycles. The third kappa shape index (κ3) is 3.00. The van der Waals surface area contributed by atoms with Crippen molar-refractivity contribution < 1.29 is 13.2 Å². The zero-order valence-corrected chi connectivity index (χ0v) is 12.5. The number of amides is 1. The number of sulfonamides is 1. The van der Waals surface area contributed by atoms with E-state index in [9.17, 15) is 13.2 Å². The summed E-state index contributed by atoms with van der Waals surface area (Å²) in [5.41, 5.74) is 1.01. The fourth-order valence-corrected chi connectivity index (χ4v) is 3.46. The zero-order chi connectivity index (χ0) is 14.8. The Kier molecular flexibility index (Phi) is 4.42. The van der Waals surface area contributed by atoms with Gasteiger partial charge < -0.3 is 10.2 Å². The lowest BCUT2D eigenvalue weighted by Gasteiger charge is -2.31. The molecule has 1 aromatic carbocycles. The zero-order valence-electron chi connectivity index (χ0n) is 11.7. The first-order valence-corrected chi connectivity index (χ1v) is 7.87. The Hall–Kier alpha value is -1.44. The molecule has 0 bridgehead atoms. The summed E-state index contributed by atoms with van der Waals surface area (Å²) in [4.78, 5) is 13.4. The van der Waals surface area contributed by atoms with Crippen LogP contribution in [0.4, 0.5) is 0 Å². The molecule has 0 aliphatic carbocycles. The van der Waals surface area contributed by atoms with Gasteiger partial charge in [0.15, 0.2) is 0 Å². The topological polar surface area (TPSA) is 69.7 Å². The first kappa shape index (κ1) is 15.0. The molecule has 20 heavy (non-hydrogen) atoms. The van der Waals surface area contributed by atoms with E-state index in [0.29, 0.717) is 19.6 Å². The van der Waals surface area contributed by atoms with Gasteiger partial charge in [-0.3, -0.25) is 4.79 Å². The van der Waals surface area contributed by atoms with Crippen LogP contribution in [0.3, 0.4) is 0 Å². The molecule has 6 nitrogen and oxygen atoms in total. The van der Waals surface area contributed by atoms with Crippen LogP contribution in [0.5, 0.6) is 0 Å². The average molecular weight is 297 g/mol. The SMILES string of the molecule is CNCc1ccc(S(=O)(=O)N2CCN(C)C(=O)C2)cc1. The molecule has 1 N–H and O–H groups in total. The van der Waals surface area contributed by atoms with E-state index in [2.05, 4.69) is 5.32 Å². The summed E-state index contributed by atoms with van der Waals surface area (Å²) < 4.78 is 26.1. The van der Waals surface area contributed by atoms with Crippen molar-refractivity contribution in [3.63, 3.8) is 0 Å². The Labute approximate surface area is 119 Å². The van der Waals surface area contributed by atoms with E-state index in [1.165, 1.54) is 4.31 Å². The summed E-state index contributed by atoms with van der Waals surface area (Å²) in [5.74, 6) is -0.174. The van der Waals surface area contributed by atoms with Crippen LogP contribution in [0.1, 0.15) is 5.56 Å². The summed E-state index contributed by atoms with van der Waals surface area (Å²) in [7, 11) is -0.0714. The molecule has 1 fully saturated rings. The fourth-order valence-electron chi connectivity index (χ4n) is 2.07. The Balaban J connectivity index is 2.19. The second-order valence-corrected chi connectivity index (χ2v) is 6.77. The Morgan fingerprint density at radius 2 is 1.85 bits per heavy atom. The van der Waals surface area contributed by atoms with Crippen molar-refractivity contribution in [1.29, 1.82) is 0 Å². The van der Waals surface area contributed by atoms with Gasteiger partial charge in [-0.05, 0) is 24.7 Å². The normalized spacial score (nSPS) is 17.5. The van der Waals surface area contributed by atoms with Crippen molar-refractivity contribution in [1.82, 2.24) is 14.5 Å². The standard InChI is InChI=1S/C13H19N3O3S/c1-14-9-11-3-5-12(6-4-11)20(18,19)16-8-7-15(2)13(17)10-16/h3-6,14H,7-10H2,1-2H3. The maximum Gasteiger partial charge on any atom is 0.243 e. The van der Waals surface area contributed by atoms with Gasteiger partial charge in [-0.1, -0.05) is 12.1 Å². The number of benzene rings is 1. The third-order valence-corrected chi connectivity index (χ3v) is 5.22. The largest absolute Gasteiger partial charge is 0.343 e. The second kappa shape index (κ2) is 5.90. The van der Waals surface area contributed by atoms with Gasteiger partial charge >= 0.3 is 0 Å². The summed E-state index contributed by atoms with van der Waals surface area (Å²) in [6, 6.07) is 6.73. The number of piperazine rings is 1. The number of nitrogens with one attached hydrogen (secondary N) is 1. The highest BCUT2D eigenvalue weighted by Gasteiger charge is 2.31. The average Bonchev–Trinajstić information content (AvgIpc) is 2.43. The number of hydrogen-bond donors (Lipinski definition) is 1. The Bertz CT molecular complexity index is 583. The van der Waals surface area contributed by atoms with Crippen LogP contribution in [0.25, 0.3) is 0 Å². The summed E-state index contributed by atoms with van der Waals surface area (Å²) >= 11 is 0. The minimum absolute atomic E-state index is 0.0862. The number of likely N-dealkylation sites (N-methyl/N-ethyl adjacent to an activating group) is 1. The molecular weight excluding hydrogens is 278 g/mol. The van der Waals surface area contributed by atoms with Crippen LogP contribution in [0.2, 0.25) is 0 Å². The second-order valence-electron chi connectivity index (χ2n) is 4.83. The lowest BCUT2D eigenvalue weighted by molar-refractivity contribution is -0.132. The number of rotatable bonds is 4. The molecule has 1 aliphatic heterocycles. The molecule has 1 heterocycles. The molecule has 0 radical (unpaired) electrons. The minimum Gasteiger partial charge on any atom is -0.343 e. The van der Waals surface area contributed by atoms with E-state index in [4.69, 9.17) is 0 Å². The van der Waals surface area contributed by atoms with E-state index < -0.39 is 10.0 Å². The number of carbonyl (C=O) groups excluding carboxylic acids is 1. The maximum absolute atomic E-state index is 12.4. The molecule has 1 amide bonds. The van der Waals surface area contributed by atoms with Crippen LogP contribution in [-0.4, -0.2) is 57.3 Å². The first-order chi connectivity index (χ1) is 9.45. The van der Waals surface area contributed by atoms with E-state index in [1.54, 1.807) is 36.2 Å². The van der Waals surface area contributed by atoms with Gasteiger partial charge in [0.2, 0.25) is 15.9 Å². The summed E-state index contributed by atoms with van der Waals surface area (Å²) in [6.07, 6.45) is 0. The number of carbonyl (C=O) groups is 1. The quantitative estimate of drug-likeness (QED) is 0.840.